The molecule has 2 amide bonds. The van der Waals surface area contributed by atoms with Crippen molar-refractivity contribution in [1.82, 2.24) is 10.2 Å². The van der Waals surface area contributed by atoms with Gasteiger partial charge in [-0.2, -0.15) is 0 Å². The number of benzene rings is 2. The maximum Gasteiger partial charge on any atom is 0.336 e. The summed E-state index contributed by atoms with van der Waals surface area (Å²) in [5.41, 5.74) is 2.84. The first-order chi connectivity index (χ1) is 17.4. The molecule has 0 fully saturated rings. The van der Waals surface area contributed by atoms with Crippen molar-refractivity contribution in [2.75, 3.05) is 6.61 Å². The Kier molecular flexibility index (Phi) is 7.63. The fourth-order valence-corrected chi connectivity index (χ4v) is 4.28. The number of carbonyl (C=O) groups is 3. The fraction of sp³-hybridized carbons (Fsp3) is 0.250. The van der Waals surface area contributed by atoms with E-state index in [0.717, 1.165) is 5.56 Å². The Bertz CT molecular complexity index is 1260. The maximum absolute atomic E-state index is 13.5. The number of furan rings is 1. The SMILES string of the molecule is CCOC(=O)C1=C(C)N(Cc2ccc(C(=O)NCc3ccco3)cc2)C(=O)CC1c1ccc(F)cc1. The Balaban J connectivity index is 1.53. The van der Waals surface area contributed by atoms with Crippen molar-refractivity contribution in [2.24, 2.45) is 0 Å². The van der Waals surface area contributed by atoms with Gasteiger partial charge in [-0.3, -0.25) is 9.59 Å². The summed E-state index contributed by atoms with van der Waals surface area (Å²) in [5.74, 6) is -1.15. The second kappa shape index (κ2) is 11.0. The normalized spacial score (nSPS) is 15.7. The molecule has 1 aliphatic heterocycles. The van der Waals surface area contributed by atoms with Gasteiger partial charge in [-0.25, -0.2) is 9.18 Å². The quantitative estimate of drug-likeness (QED) is 0.463. The summed E-state index contributed by atoms with van der Waals surface area (Å²) in [6.45, 7) is 4.15. The van der Waals surface area contributed by atoms with Crippen molar-refractivity contribution in [2.45, 2.75) is 39.3 Å². The van der Waals surface area contributed by atoms with Gasteiger partial charge in [-0.1, -0.05) is 24.3 Å². The van der Waals surface area contributed by atoms with Gasteiger partial charge in [0.2, 0.25) is 5.91 Å². The maximum atomic E-state index is 13.5. The summed E-state index contributed by atoms with van der Waals surface area (Å²) < 4.78 is 24.0. The highest BCUT2D eigenvalue weighted by Crippen LogP contribution is 2.37. The molecular weight excluding hydrogens is 463 g/mol. The Labute approximate surface area is 208 Å². The molecule has 0 radical (unpaired) electrons. The molecule has 0 aliphatic carbocycles. The van der Waals surface area contributed by atoms with Gasteiger partial charge in [-0.15, -0.1) is 0 Å². The molecule has 1 unspecified atom stereocenters. The lowest BCUT2D eigenvalue weighted by Gasteiger charge is -2.34. The summed E-state index contributed by atoms with van der Waals surface area (Å²) >= 11 is 0. The number of allylic oxidation sites excluding steroid dienone is 1. The number of rotatable bonds is 8. The van der Waals surface area contributed by atoms with Crippen LogP contribution >= 0.6 is 0 Å². The first-order valence-corrected chi connectivity index (χ1v) is 11.7. The van der Waals surface area contributed by atoms with E-state index in [0.29, 0.717) is 28.2 Å². The summed E-state index contributed by atoms with van der Waals surface area (Å²) in [4.78, 5) is 40.0. The second-order valence-corrected chi connectivity index (χ2v) is 8.47. The van der Waals surface area contributed by atoms with Crippen LogP contribution in [0, 0.1) is 5.82 Å². The van der Waals surface area contributed by atoms with E-state index >= 15 is 0 Å². The smallest absolute Gasteiger partial charge is 0.336 e. The molecule has 0 spiro atoms. The van der Waals surface area contributed by atoms with Gasteiger partial charge < -0.3 is 19.4 Å². The molecule has 3 aromatic rings. The van der Waals surface area contributed by atoms with Crippen LogP contribution in [0.2, 0.25) is 0 Å². The van der Waals surface area contributed by atoms with E-state index in [1.807, 2.05) is 0 Å². The van der Waals surface area contributed by atoms with Gasteiger partial charge >= 0.3 is 5.97 Å². The number of ether oxygens (including phenoxy) is 1. The highest BCUT2D eigenvalue weighted by atomic mass is 19.1. The number of nitrogens with zero attached hydrogens (tertiary/aromatic N) is 1. The molecule has 7 nitrogen and oxygen atoms in total. The monoisotopic (exact) mass is 490 g/mol. The number of esters is 1. The summed E-state index contributed by atoms with van der Waals surface area (Å²) in [6.07, 6.45) is 1.61. The van der Waals surface area contributed by atoms with E-state index in [4.69, 9.17) is 9.15 Å². The van der Waals surface area contributed by atoms with E-state index in [2.05, 4.69) is 5.32 Å². The Morgan fingerprint density at radius 2 is 1.83 bits per heavy atom. The number of amides is 2. The summed E-state index contributed by atoms with van der Waals surface area (Å²) in [6, 6.07) is 16.3. The molecule has 2 heterocycles. The van der Waals surface area contributed by atoms with Crippen LogP contribution in [0.25, 0.3) is 0 Å². The summed E-state index contributed by atoms with van der Waals surface area (Å²) in [7, 11) is 0. The molecule has 0 bridgehead atoms. The zero-order valence-electron chi connectivity index (χ0n) is 20.1. The van der Waals surface area contributed by atoms with E-state index < -0.39 is 11.9 Å². The van der Waals surface area contributed by atoms with Crippen LogP contribution < -0.4 is 5.32 Å². The van der Waals surface area contributed by atoms with Crippen LogP contribution in [-0.4, -0.2) is 29.3 Å². The highest BCUT2D eigenvalue weighted by molar-refractivity contribution is 5.96. The van der Waals surface area contributed by atoms with Crippen molar-refractivity contribution >= 4 is 17.8 Å². The largest absolute Gasteiger partial charge is 0.467 e. The van der Waals surface area contributed by atoms with Crippen LogP contribution in [0.15, 0.2) is 82.6 Å². The number of carbonyl (C=O) groups excluding carboxylic acids is 3. The van der Waals surface area contributed by atoms with Gasteiger partial charge in [0, 0.05) is 23.6 Å². The Morgan fingerprint density at radius 3 is 2.47 bits per heavy atom. The molecule has 4 rings (SSSR count). The third-order valence-corrected chi connectivity index (χ3v) is 6.15. The molecule has 8 heteroatoms. The van der Waals surface area contributed by atoms with Gasteiger partial charge in [-0.05, 0) is 61.4 Å². The van der Waals surface area contributed by atoms with Crippen LogP contribution in [-0.2, 0) is 27.4 Å². The molecule has 1 aromatic heterocycles. The zero-order valence-corrected chi connectivity index (χ0v) is 20.1. The van der Waals surface area contributed by atoms with Crippen LogP contribution in [0.1, 0.15) is 53.4 Å². The number of hydrogen-bond acceptors (Lipinski definition) is 5. The number of nitrogens with one attached hydrogen (secondary N) is 1. The first kappa shape index (κ1) is 24.9. The Hall–Kier alpha value is -4.20. The predicted molar refractivity (Wildman–Crippen MR) is 130 cm³/mol. The van der Waals surface area contributed by atoms with Gasteiger partial charge in [0.05, 0.1) is 31.5 Å². The molecule has 2 aromatic carbocycles. The number of halogens is 1. The number of hydrogen-bond donors (Lipinski definition) is 1. The topological polar surface area (TPSA) is 88.8 Å². The van der Waals surface area contributed by atoms with Crippen molar-refractivity contribution in [3.8, 4) is 0 Å². The molecule has 0 saturated carbocycles. The minimum absolute atomic E-state index is 0.0599. The fourth-order valence-electron chi connectivity index (χ4n) is 4.28. The van der Waals surface area contributed by atoms with Crippen LogP contribution in [0.3, 0.4) is 0 Å². The van der Waals surface area contributed by atoms with Crippen molar-refractivity contribution < 1.29 is 27.9 Å². The standard InChI is InChI=1S/C28H27FN2O5/c1-3-35-28(34)26-18(2)31(25(32)15-24(26)20-10-12-22(29)13-11-20)17-19-6-8-21(9-7-19)27(33)30-16-23-5-4-14-36-23/h4-14,24H,3,15-17H2,1-2H3,(H,30,33). The molecular formula is C28H27FN2O5. The predicted octanol–water partition coefficient (Wildman–Crippen LogP) is 4.70. The molecule has 36 heavy (non-hydrogen) atoms. The summed E-state index contributed by atoms with van der Waals surface area (Å²) in [5, 5.41) is 2.79. The molecule has 1 N–H and O–H groups in total. The van der Waals surface area contributed by atoms with E-state index in [-0.39, 0.29) is 43.7 Å². The average Bonchev–Trinajstić information content (AvgIpc) is 3.39. The molecule has 1 atom stereocenters. The van der Waals surface area contributed by atoms with E-state index in [1.165, 1.54) is 12.1 Å². The third-order valence-electron chi connectivity index (χ3n) is 6.15. The van der Waals surface area contributed by atoms with Crippen LogP contribution in [0.4, 0.5) is 4.39 Å². The minimum atomic E-state index is -0.520. The molecule has 1 aliphatic rings. The van der Waals surface area contributed by atoms with Crippen LogP contribution in [0.5, 0.6) is 0 Å². The lowest BCUT2D eigenvalue weighted by atomic mass is 9.83. The van der Waals surface area contributed by atoms with Crippen molar-refractivity contribution in [3.63, 3.8) is 0 Å². The minimum Gasteiger partial charge on any atom is -0.467 e. The van der Waals surface area contributed by atoms with Crippen molar-refractivity contribution in [3.05, 3.63) is 106 Å². The molecule has 186 valence electrons. The lowest BCUT2D eigenvalue weighted by molar-refractivity contribution is -0.140. The average molecular weight is 491 g/mol. The lowest BCUT2D eigenvalue weighted by Crippen LogP contribution is -2.38. The van der Waals surface area contributed by atoms with Gasteiger partial charge in [0.1, 0.15) is 11.6 Å². The first-order valence-electron chi connectivity index (χ1n) is 11.7. The third kappa shape index (κ3) is 5.54. The zero-order chi connectivity index (χ0) is 25.7. The molecule has 0 saturated heterocycles. The van der Waals surface area contributed by atoms with Gasteiger partial charge in [0.15, 0.2) is 0 Å². The van der Waals surface area contributed by atoms with Crippen molar-refractivity contribution in [1.29, 1.82) is 0 Å². The van der Waals surface area contributed by atoms with Gasteiger partial charge in [0.25, 0.3) is 5.91 Å². The highest BCUT2D eigenvalue weighted by Gasteiger charge is 2.36. The van der Waals surface area contributed by atoms with E-state index in [1.54, 1.807) is 73.5 Å². The van der Waals surface area contributed by atoms with E-state index in [9.17, 15) is 18.8 Å². The Morgan fingerprint density at radius 1 is 1.11 bits per heavy atom. The second-order valence-electron chi connectivity index (χ2n) is 8.47.